The van der Waals surface area contributed by atoms with Gasteiger partial charge in [0.15, 0.2) is 13.0 Å². The van der Waals surface area contributed by atoms with Crippen molar-refractivity contribution in [3.63, 3.8) is 0 Å². The van der Waals surface area contributed by atoms with Gasteiger partial charge in [-0.25, -0.2) is 0 Å². The zero-order valence-electron chi connectivity index (χ0n) is 16.7. The van der Waals surface area contributed by atoms with E-state index in [2.05, 4.69) is 0 Å². The normalized spacial score (nSPS) is 18.7. The Balaban J connectivity index is 1.79. The molecule has 0 spiro atoms. The number of fused-ring (bicyclic) bond motifs is 12. The first-order valence-electron chi connectivity index (χ1n) is 10.4. The number of rotatable bonds is 0. The molecule has 0 N–H and O–H groups in total. The zero-order valence-corrected chi connectivity index (χ0v) is 21.2. The van der Waals surface area contributed by atoms with Gasteiger partial charge in [0.2, 0.25) is 0 Å². The van der Waals surface area contributed by atoms with E-state index in [0.29, 0.717) is 0 Å². The third-order valence-electron chi connectivity index (χ3n) is 7.05. The van der Waals surface area contributed by atoms with E-state index in [1.54, 1.807) is 0 Å². The molecule has 6 heteroatoms. The third kappa shape index (κ3) is 2.34. The molecule has 0 radical (unpaired) electrons. The van der Waals surface area contributed by atoms with E-state index in [9.17, 15) is 0 Å². The molecule has 0 saturated carbocycles. The summed E-state index contributed by atoms with van der Waals surface area (Å²) in [6, 6.07) is 23.5. The molecule has 0 aliphatic heterocycles. The van der Waals surface area contributed by atoms with Crippen molar-refractivity contribution in [1.82, 2.24) is 0 Å². The third-order valence-corrected chi connectivity index (χ3v) is 9.40. The van der Waals surface area contributed by atoms with Crippen LogP contribution in [0.4, 0.5) is 0 Å². The number of alkyl halides is 6. The van der Waals surface area contributed by atoms with Crippen LogP contribution >= 0.6 is 69.6 Å². The summed E-state index contributed by atoms with van der Waals surface area (Å²) in [4.78, 5) is 0. The molecule has 0 heterocycles. The Hall–Kier alpha value is -1.38. The van der Waals surface area contributed by atoms with Gasteiger partial charge in [-0.1, -0.05) is 142 Å². The molecule has 0 amide bonds. The maximum atomic E-state index is 7.17. The maximum absolute atomic E-state index is 7.17. The van der Waals surface area contributed by atoms with Crippen molar-refractivity contribution in [2.45, 2.75) is 13.0 Å². The topological polar surface area (TPSA) is 0 Å². The van der Waals surface area contributed by atoms with Crippen molar-refractivity contribution < 1.29 is 0 Å². The lowest BCUT2D eigenvalue weighted by Crippen LogP contribution is -2.16. The smallest absolute Gasteiger partial charge is 0.0908 e. The van der Waals surface area contributed by atoms with Gasteiger partial charge in [-0.3, -0.25) is 0 Å². The van der Waals surface area contributed by atoms with Crippen LogP contribution in [0.3, 0.4) is 0 Å². The molecule has 0 bridgehead atoms. The summed E-state index contributed by atoms with van der Waals surface area (Å²) < 4.78 is -3.99. The SMILES string of the molecule is ClC1(Cl)c2ccccc2-c2c1c1c(c3c2C(Cl)(Cl)c2ccccc2-3)C(Cl)(Cl)c2ccccc2-1. The van der Waals surface area contributed by atoms with Crippen LogP contribution in [0.5, 0.6) is 0 Å². The average Bonchev–Trinajstić information content (AvgIpc) is 3.29. The summed E-state index contributed by atoms with van der Waals surface area (Å²) in [5, 5.41) is 0. The molecular weight excluding hydrogens is 537 g/mol. The summed E-state index contributed by atoms with van der Waals surface area (Å²) in [5.74, 6) is 0. The second kappa shape index (κ2) is 6.43. The first-order chi connectivity index (χ1) is 15.7. The van der Waals surface area contributed by atoms with Crippen molar-refractivity contribution in [3.05, 3.63) is 106 Å². The van der Waals surface area contributed by atoms with Crippen LogP contribution in [0.25, 0.3) is 33.4 Å². The van der Waals surface area contributed by atoms with Gasteiger partial charge in [0, 0.05) is 33.4 Å². The summed E-state index contributed by atoms with van der Waals surface area (Å²) in [6.45, 7) is 0. The van der Waals surface area contributed by atoms with E-state index in [0.717, 1.165) is 66.8 Å². The van der Waals surface area contributed by atoms with Crippen LogP contribution in [0, 0.1) is 0 Å². The molecule has 3 aliphatic rings. The number of hydrogen-bond donors (Lipinski definition) is 0. The Labute approximate surface area is 220 Å². The summed E-state index contributed by atoms with van der Waals surface area (Å²) in [6.07, 6.45) is 0. The van der Waals surface area contributed by atoms with Crippen molar-refractivity contribution in [1.29, 1.82) is 0 Å². The Bertz CT molecular complexity index is 1340. The van der Waals surface area contributed by atoms with E-state index < -0.39 is 13.0 Å². The zero-order chi connectivity index (χ0) is 22.9. The van der Waals surface area contributed by atoms with Gasteiger partial charge in [-0.15, -0.1) is 0 Å². The lowest BCUT2D eigenvalue weighted by molar-refractivity contribution is 1.04. The van der Waals surface area contributed by atoms with E-state index in [1.165, 1.54) is 0 Å². The predicted molar refractivity (Wildman–Crippen MR) is 140 cm³/mol. The Morgan fingerprint density at radius 1 is 0.364 bits per heavy atom. The molecule has 0 fully saturated rings. The van der Waals surface area contributed by atoms with Gasteiger partial charge in [0.25, 0.3) is 0 Å². The highest BCUT2D eigenvalue weighted by Gasteiger charge is 2.56. The molecule has 162 valence electrons. The highest BCUT2D eigenvalue weighted by atomic mass is 35.5. The van der Waals surface area contributed by atoms with Gasteiger partial charge in [-0.05, 0) is 33.4 Å². The molecule has 7 rings (SSSR count). The fourth-order valence-electron chi connectivity index (χ4n) is 5.83. The van der Waals surface area contributed by atoms with Gasteiger partial charge >= 0.3 is 0 Å². The largest absolute Gasteiger partial charge is 0.169 e. The number of halogens is 6. The minimum absolute atomic E-state index is 0.731. The van der Waals surface area contributed by atoms with Gasteiger partial charge < -0.3 is 0 Å². The van der Waals surface area contributed by atoms with Crippen LogP contribution in [-0.4, -0.2) is 0 Å². The molecule has 4 aromatic carbocycles. The van der Waals surface area contributed by atoms with Crippen LogP contribution in [0.1, 0.15) is 33.4 Å². The highest BCUT2D eigenvalue weighted by molar-refractivity contribution is 6.56. The Morgan fingerprint density at radius 2 is 0.606 bits per heavy atom. The van der Waals surface area contributed by atoms with Crippen LogP contribution in [0.2, 0.25) is 0 Å². The Morgan fingerprint density at radius 3 is 0.879 bits per heavy atom. The van der Waals surface area contributed by atoms with Crippen molar-refractivity contribution >= 4 is 69.6 Å². The average molecular weight is 549 g/mol. The molecule has 4 aromatic rings. The van der Waals surface area contributed by atoms with E-state index >= 15 is 0 Å². The first-order valence-corrected chi connectivity index (χ1v) is 12.6. The van der Waals surface area contributed by atoms with Gasteiger partial charge in [0.1, 0.15) is 0 Å². The molecule has 0 nitrogen and oxygen atoms in total. The molecule has 0 atom stereocenters. The number of hydrogen-bond acceptors (Lipinski definition) is 0. The molecular formula is C27H12Cl6. The van der Waals surface area contributed by atoms with E-state index in [1.807, 2.05) is 72.8 Å². The van der Waals surface area contributed by atoms with Crippen molar-refractivity contribution in [3.8, 4) is 33.4 Å². The second-order valence-corrected chi connectivity index (χ2v) is 12.6. The quantitative estimate of drug-likeness (QED) is 0.192. The lowest BCUT2D eigenvalue weighted by atomic mass is 9.86. The minimum Gasteiger partial charge on any atom is -0.0908 e. The first kappa shape index (κ1) is 20.9. The van der Waals surface area contributed by atoms with E-state index in [-0.39, 0.29) is 0 Å². The standard InChI is InChI=1S/C27H12Cl6/c28-25(29)16-10-4-1-7-13(16)19-22(25)20-15-9-3-6-12-18(15)27(32,33)24(20)21-14-8-2-5-11-17(14)26(30,31)23(19)21/h1-12H. The van der Waals surface area contributed by atoms with Gasteiger partial charge in [-0.2, -0.15) is 0 Å². The summed E-state index contributed by atoms with van der Waals surface area (Å²) in [5.41, 5.74) is 9.86. The summed E-state index contributed by atoms with van der Waals surface area (Å²) in [7, 11) is 0. The fraction of sp³-hybridized carbons (Fsp3) is 0.111. The maximum Gasteiger partial charge on any atom is 0.169 e. The van der Waals surface area contributed by atoms with Crippen LogP contribution < -0.4 is 0 Å². The monoisotopic (exact) mass is 546 g/mol. The fourth-order valence-corrected chi connectivity index (χ4v) is 7.95. The lowest BCUT2D eigenvalue weighted by Gasteiger charge is -2.26. The van der Waals surface area contributed by atoms with Crippen molar-refractivity contribution in [2.75, 3.05) is 0 Å². The second-order valence-electron chi connectivity index (χ2n) is 8.61. The minimum atomic E-state index is -1.33. The predicted octanol–water partition coefficient (Wildman–Crippen LogP) is 9.66. The van der Waals surface area contributed by atoms with Crippen LogP contribution in [-0.2, 0) is 13.0 Å². The Kier molecular flexibility index (Phi) is 4.08. The van der Waals surface area contributed by atoms with Crippen molar-refractivity contribution in [2.24, 2.45) is 0 Å². The van der Waals surface area contributed by atoms with Gasteiger partial charge in [0.05, 0.1) is 0 Å². The molecule has 0 saturated heterocycles. The summed E-state index contributed by atoms with van der Waals surface area (Å²) >= 11 is 43.0. The molecule has 0 aromatic heterocycles. The molecule has 33 heavy (non-hydrogen) atoms. The van der Waals surface area contributed by atoms with E-state index in [4.69, 9.17) is 69.6 Å². The molecule has 3 aliphatic carbocycles. The number of benzene rings is 4. The highest BCUT2D eigenvalue weighted by Crippen LogP contribution is 2.71. The molecule has 0 unspecified atom stereocenters. The van der Waals surface area contributed by atoms with Crippen LogP contribution in [0.15, 0.2) is 72.8 Å².